The SMILES string of the molecule is O=C(CSc1ccccc1)N(CCCl)Cc1ccccc1. The van der Waals surface area contributed by atoms with Crippen LogP contribution in [-0.2, 0) is 11.3 Å². The Balaban J connectivity index is 1.92. The zero-order valence-electron chi connectivity index (χ0n) is 11.7. The minimum atomic E-state index is 0.119. The summed E-state index contributed by atoms with van der Waals surface area (Å²) < 4.78 is 0. The maximum absolute atomic E-state index is 12.4. The van der Waals surface area contributed by atoms with Crippen molar-refractivity contribution < 1.29 is 4.79 Å². The molecule has 0 heterocycles. The molecule has 0 bridgehead atoms. The Labute approximate surface area is 135 Å². The summed E-state index contributed by atoms with van der Waals surface area (Å²) in [7, 11) is 0. The van der Waals surface area contributed by atoms with Crippen LogP contribution in [0.15, 0.2) is 65.6 Å². The van der Waals surface area contributed by atoms with Crippen LogP contribution in [0.4, 0.5) is 0 Å². The number of nitrogens with zero attached hydrogens (tertiary/aromatic N) is 1. The van der Waals surface area contributed by atoms with Crippen molar-refractivity contribution >= 4 is 29.3 Å². The second-order valence-corrected chi connectivity index (χ2v) is 6.02. The summed E-state index contributed by atoms with van der Waals surface area (Å²) in [5.74, 6) is 1.01. The molecule has 2 aromatic rings. The molecule has 0 aliphatic heterocycles. The molecule has 1 amide bonds. The van der Waals surface area contributed by atoms with Crippen molar-refractivity contribution in [2.75, 3.05) is 18.2 Å². The van der Waals surface area contributed by atoms with E-state index in [1.165, 1.54) is 0 Å². The summed E-state index contributed by atoms with van der Waals surface area (Å²) >= 11 is 7.38. The largest absolute Gasteiger partial charge is 0.336 e. The van der Waals surface area contributed by atoms with Gasteiger partial charge in [0.2, 0.25) is 5.91 Å². The van der Waals surface area contributed by atoms with Gasteiger partial charge in [0.05, 0.1) is 5.75 Å². The first-order chi connectivity index (χ1) is 10.3. The minimum absolute atomic E-state index is 0.119. The third-order valence-corrected chi connectivity index (χ3v) is 4.19. The minimum Gasteiger partial charge on any atom is -0.336 e. The molecule has 0 saturated heterocycles. The van der Waals surface area contributed by atoms with Gasteiger partial charge in [-0.25, -0.2) is 0 Å². The number of rotatable bonds is 7. The maximum Gasteiger partial charge on any atom is 0.233 e. The predicted octanol–water partition coefficient (Wildman–Crippen LogP) is 4.05. The normalized spacial score (nSPS) is 10.3. The van der Waals surface area contributed by atoms with Crippen LogP contribution < -0.4 is 0 Å². The van der Waals surface area contributed by atoms with E-state index in [0.717, 1.165) is 10.5 Å². The average molecular weight is 320 g/mol. The lowest BCUT2D eigenvalue weighted by molar-refractivity contribution is -0.128. The van der Waals surface area contributed by atoms with Crippen molar-refractivity contribution in [1.29, 1.82) is 0 Å². The summed E-state index contributed by atoms with van der Waals surface area (Å²) in [4.78, 5) is 15.3. The van der Waals surface area contributed by atoms with Gasteiger partial charge in [-0.1, -0.05) is 48.5 Å². The molecule has 2 aromatic carbocycles. The molecule has 0 aromatic heterocycles. The molecule has 2 nitrogen and oxygen atoms in total. The second-order valence-electron chi connectivity index (χ2n) is 4.59. The topological polar surface area (TPSA) is 20.3 Å². The van der Waals surface area contributed by atoms with E-state index in [4.69, 9.17) is 11.6 Å². The Morgan fingerprint density at radius 3 is 2.24 bits per heavy atom. The Hall–Kier alpha value is -1.45. The van der Waals surface area contributed by atoms with Gasteiger partial charge in [-0.3, -0.25) is 4.79 Å². The highest BCUT2D eigenvalue weighted by molar-refractivity contribution is 8.00. The van der Waals surface area contributed by atoms with Gasteiger partial charge in [-0.2, -0.15) is 0 Å². The molecule has 110 valence electrons. The number of thioether (sulfide) groups is 1. The number of hydrogen-bond donors (Lipinski definition) is 0. The third-order valence-electron chi connectivity index (χ3n) is 3.03. The second kappa shape index (κ2) is 8.75. The van der Waals surface area contributed by atoms with E-state index < -0.39 is 0 Å². The van der Waals surface area contributed by atoms with Gasteiger partial charge < -0.3 is 4.90 Å². The highest BCUT2D eigenvalue weighted by atomic mass is 35.5. The maximum atomic E-state index is 12.4. The monoisotopic (exact) mass is 319 g/mol. The molecule has 0 unspecified atom stereocenters. The molecule has 0 fully saturated rings. The van der Waals surface area contributed by atoms with Crippen LogP contribution in [0, 0.1) is 0 Å². The van der Waals surface area contributed by atoms with Gasteiger partial charge >= 0.3 is 0 Å². The molecule has 4 heteroatoms. The quantitative estimate of drug-likeness (QED) is 0.567. The van der Waals surface area contributed by atoms with Gasteiger partial charge in [-0.05, 0) is 17.7 Å². The van der Waals surface area contributed by atoms with Crippen LogP contribution in [0.1, 0.15) is 5.56 Å². The van der Waals surface area contributed by atoms with Crippen molar-refractivity contribution in [2.24, 2.45) is 0 Å². The molecule has 21 heavy (non-hydrogen) atoms. The molecule has 0 atom stereocenters. The number of halogens is 1. The van der Waals surface area contributed by atoms with Crippen LogP contribution in [0.2, 0.25) is 0 Å². The summed E-state index contributed by atoms with van der Waals surface area (Å²) in [6, 6.07) is 20.0. The fourth-order valence-corrected chi connectivity index (χ4v) is 2.98. The number of hydrogen-bond acceptors (Lipinski definition) is 2. The molecular weight excluding hydrogens is 302 g/mol. The molecule has 0 aliphatic rings. The summed E-state index contributed by atoms with van der Waals surface area (Å²) in [6.45, 7) is 1.19. The first-order valence-electron chi connectivity index (χ1n) is 6.85. The summed E-state index contributed by atoms with van der Waals surface area (Å²) in [5.41, 5.74) is 1.13. The van der Waals surface area contributed by atoms with E-state index in [9.17, 15) is 4.79 Å². The highest BCUT2D eigenvalue weighted by Gasteiger charge is 2.13. The van der Waals surface area contributed by atoms with Gasteiger partial charge in [0.1, 0.15) is 0 Å². The Kier molecular flexibility index (Phi) is 6.64. The summed E-state index contributed by atoms with van der Waals surface area (Å²) in [5, 5.41) is 0. The van der Waals surface area contributed by atoms with Crippen LogP contribution in [0.25, 0.3) is 0 Å². The average Bonchev–Trinajstić information content (AvgIpc) is 2.54. The van der Waals surface area contributed by atoms with E-state index in [1.807, 2.05) is 65.6 Å². The lowest BCUT2D eigenvalue weighted by Crippen LogP contribution is -2.33. The Morgan fingerprint density at radius 1 is 1.00 bits per heavy atom. The molecule has 2 rings (SSSR count). The zero-order chi connectivity index (χ0) is 14.9. The van der Waals surface area contributed by atoms with Gasteiger partial charge in [0.25, 0.3) is 0 Å². The number of alkyl halides is 1. The van der Waals surface area contributed by atoms with Crippen LogP contribution in [-0.4, -0.2) is 29.0 Å². The first-order valence-corrected chi connectivity index (χ1v) is 8.37. The lowest BCUT2D eigenvalue weighted by atomic mass is 10.2. The molecule has 0 spiro atoms. The standard InChI is InChI=1S/C17H18ClNOS/c18-11-12-19(13-15-7-3-1-4-8-15)17(20)14-21-16-9-5-2-6-10-16/h1-10H,11-14H2. The van der Waals surface area contributed by atoms with Crippen molar-refractivity contribution in [3.63, 3.8) is 0 Å². The Bertz CT molecular complexity index is 547. The van der Waals surface area contributed by atoms with E-state index in [2.05, 4.69) is 0 Å². The van der Waals surface area contributed by atoms with Gasteiger partial charge in [-0.15, -0.1) is 23.4 Å². The fourth-order valence-electron chi connectivity index (χ4n) is 1.95. The van der Waals surface area contributed by atoms with Crippen LogP contribution in [0.5, 0.6) is 0 Å². The van der Waals surface area contributed by atoms with Crippen LogP contribution in [0.3, 0.4) is 0 Å². The summed E-state index contributed by atoms with van der Waals surface area (Å²) in [6.07, 6.45) is 0. The van der Waals surface area contributed by atoms with Gasteiger partial charge in [0, 0.05) is 23.9 Å². The number of amides is 1. The fraction of sp³-hybridized carbons (Fsp3) is 0.235. The molecule has 0 radical (unpaired) electrons. The van der Waals surface area contributed by atoms with E-state index >= 15 is 0 Å². The van der Waals surface area contributed by atoms with Gasteiger partial charge in [0.15, 0.2) is 0 Å². The third kappa shape index (κ3) is 5.44. The molecular formula is C17H18ClNOS. The predicted molar refractivity (Wildman–Crippen MR) is 89.7 cm³/mol. The number of carbonyl (C=O) groups excluding carboxylic acids is 1. The van der Waals surface area contributed by atoms with Crippen molar-refractivity contribution in [3.05, 3.63) is 66.2 Å². The first kappa shape index (κ1) is 15.9. The molecule has 0 saturated carbocycles. The molecule has 0 N–H and O–H groups in total. The van der Waals surface area contributed by atoms with Crippen molar-refractivity contribution in [3.8, 4) is 0 Å². The smallest absolute Gasteiger partial charge is 0.233 e. The zero-order valence-corrected chi connectivity index (χ0v) is 13.3. The number of benzene rings is 2. The number of carbonyl (C=O) groups is 1. The highest BCUT2D eigenvalue weighted by Crippen LogP contribution is 2.18. The van der Waals surface area contributed by atoms with Crippen molar-refractivity contribution in [1.82, 2.24) is 4.90 Å². The lowest BCUT2D eigenvalue weighted by Gasteiger charge is -2.21. The van der Waals surface area contributed by atoms with E-state index in [-0.39, 0.29) is 5.91 Å². The van der Waals surface area contributed by atoms with Crippen LogP contribution >= 0.6 is 23.4 Å². The van der Waals surface area contributed by atoms with Crippen molar-refractivity contribution in [2.45, 2.75) is 11.4 Å². The van der Waals surface area contributed by atoms with E-state index in [1.54, 1.807) is 11.8 Å². The molecule has 0 aliphatic carbocycles. The Morgan fingerprint density at radius 2 is 1.62 bits per heavy atom. The van der Waals surface area contributed by atoms with E-state index in [0.29, 0.717) is 24.7 Å².